The highest BCUT2D eigenvalue weighted by atomic mass is 35.5. The minimum absolute atomic E-state index is 0.0330. The van der Waals surface area contributed by atoms with Crippen LogP contribution in [0.1, 0.15) is 23.2 Å². The van der Waals surface area contributed by atoms with Crippen molar-refractivity contribution in [2.45, 2.75) is 18.2 Å². The van der Waals surface area contributed by atoms with Gasteiger partial charge in [-0.2, -0.15) is 0 Å². The van der Waals surface area contributed by atoms with Gasteiger partial charge in [0.1, 0.15) is 0 Å². The third kappa shape index (κ3) is 3.06. The average molecular weight is 293 g/mol. The molecule has 1 heterocycles. The molecule has 0 spiro atoms. The molecule has 1 atom stereocenters. The molecule has 92 valence electrons. The number of benzene rings is 1. The highest BCUT2D eigenvalue weighted by molar-refractivity contribution is 6.35. The van der Waals surface area contributed by atoms with E-state index in [0.717, 1.165) is 19.4 Å². The Morgan fingerprint density at radius 3 is 2.82 bits per heavy atom. The lowest BCUT2D eigenvalue weighted by Crippen LogP contribution is -2.40. The Balaban J connectivity index is 2.21. The van der Waals surface area contributed by atoms with Crippen LogP contribution < -0.4 is 0 Å². The molecule has 1 aliphatic heterocycles. The van der Waals surface area contributed by atoms with Gasteiger partial charge in [0.05, 0.1) is 16.0 Å². The Morgan fingerprint density at radius 1 is 1.35 bits per heavy atom. The number of carbonyl (C=O) groups is 1. The zero-order valence-electron chi connectivity index (χ0n) is 9.13. The standard InChI is InChI=1S/C12H12Cl3NO/c13-8-3-4-11(15)10(6-8)12(17)16-5-1-2-9(14)7-16/h3-4,6,9H,1-2,5,7H2. The average Bonchev–Trinajstić information content (AvgIpc) is 2.31. The summed E-state index contributed by atoms with van der Waals surface area (Å²) in [5, 5.41) is 0.971. The van der Waals surface area contributed by atoms with Gasteiger partial charge in [-0.25, -0.2) is 0 Å². The fraction of sp³-hybridized carbons (Fsp3) is 0.417. The lowest BCUT2D eigenvalue weighted by Gasteiger charge is -2.30. The summed E-state index contributed by atoms with van der Waals surface area (Å²) >= 11 is 17.9. The number of rotatable bonds is 1. The summed E-state index contributed by atoms with van der Waals surface area (Å²) in [4.78, 5) is 14.0. The molecule has 0 bridgehead atoms. The van der Waals surface area contributed by atoms with Gasteiger partial charge in [0.2, 0.25) is 0 Å². The Bertz CT molecular complexity index is 436. The van der Waals surface area contributed by atoms with E-state index < -0.39 is 0 Å². The molecule has 5 heteroatoms. The van der Waals surface area contributed by atoms with E-state index in [9.17, 15) is 4.79 Å². The van der Waals surface area contributed by atoms with E-state index in [1.807, 2.05) is 0 Å². The van der Waals surface area contributed by atoms with Gasteiger partial charge < -0.3 is 4.90 Å². The second-order valence-electron chi connectivity index (χ2n) is 4.11. The van der Waals surface area contributed by atoms with E-state index in [4.69, 9.17) is 34.8 Å². The van der Waals surface area contributed by atoms with Crippen LogP contribution in [-0.4, -0.2) is 29.3 Å². The number of likely N-dealkylation sites (tertiary alicyclic amines) is 1. The first-order valence-electron chi connectivity index (χ1n) is 5.46. The summed E-state index contributed by atoms with van der Waals surface area (Å²) < 4.78 is 0. The van der Waals surface area contributed by atoms with Crippen LogP contribution in [0.4, 0.5) is 0 Å². The maximum absolute atomic E-state index is 12.2. The summed E-state index contributed by atoms with van der Waals surface area (Å²) in [6.07, 6.45) is 1.88. The summed E-state index contributed by atoms with van der Waals surface area (Å²) in [6, 6.07) is 4.91. The van der Waals surface area contributed by atoms with Gasteiger partial charge in [-0.1, -0.05) is 23.2 Å². The van der Waals surface area contributed by atoms with Crippen molar-refractivity contribution in [3.8, 4) is 0 Å². The highest BCUT2D eigenvalue weighted by Gasteiger charge is 2.24. The van der Waals surface area contributed by atoms with Crippen molar-refractivity contribution < 1.29 is 4.79 Å². The highest BCUT2D eigenvalue weighted by Crippen LogP contribution is 2.24. The molecule has 0 N–H and O–H groups in total. The third-order valence-corrected chi connectivity index (χ3v) is 3.73. The minimum Gasteiger partial charge on any atom is -0.337 e. The van der Waals surface area contributed by atoms with E-state index in [-0.39, 0.29) is 11.3 Å². The van der Waals surface area contributed by atoms with Crippen LogP contribution >= 0.6 is 34.8 Å². The lowest BCUT2D eigenvalue weighted by atomic mass is 10.1. The van der Waals surface area contributed by atoms with Crippen molar-refractivity contribution in [2.24, 2.45) is 0 Å². The van der Waals surface area contributed by atoms with Crippen LogP contribution in [0, 0.1) is 0 Å². The van der Waals surface area contributed by atoms with Crippen molar-refractivity contribution in [3.05, 3.63) is 33.8 Å². The molecule has 1 fully saturated rings. The molecule has 2 nitrogen and oxygen atoms in total. The number of nitrogens with zero attached hydrogens (tertiary/aromatic N) is 1. The topological polar surface area (TPSA) is 20.3 Å². The minimum atomic E-state index is -0.0946. The quantitative estimate of drug-likeness (QED) is 0.720. The molecule has 1 unspecified atom stereocenters. The number of carbonyl (C=O) groups excluding carboxylic acids is 1. The normalized spacial score (nSPS) is 20.4. The molecular weight excluding hydrogens is 280 g/mol. The first-order valence-corrected chi connectivity index (χ1v) is 6.65. The predicted molar refractivity (Wildman–Crippen MR) is 71.2 cm³/mol. The van der Waals surface area contributed by atoms with Crippen LogP contribution in [0.25, 0.3) is 0 Å². The third-order valence-electron chi connectivity index (χ3n) is 2.81. The molecule has 1 aromatic carbocycles. The number of amides is 1. The first-order chi connectivity index (χ1) is 8.08. The Hall–Kier alpha value is -0.440. The molecule has 0 radical (unpaired) electrons. The molecule has 0 aromatic heterocycles. The van der Waals surface area contributed by atoms with Crippen LogP contribution in [0.2, 0.25) is 10.0 Å². The Morgan fingerprint density at radius 2 is 2.12 bits per heavy atom. The van der Waals surface area contributed by atoms with Gasteiger partial charge in [-0.05, 0) is 31.0 Å². The van der Waals surface area contributed by atoms with Gasteiger partial charge in [0.25, 0.3) is 5.91 Å². The summed E-state index contributed by atoms with van der Waals surface area (Å²) in [6.45, 7) is 1.30. The SMILES string of the molecule is O=C(c1cc(Cl)ccc1Cl)N1CCCC(Cl)C1. The van der Waals surface area contributed by atoms with Crippen molar-refractivity contribution in [1.29, 1.82) is 0 Å². The molecule has 1 saturated heterocycles. The molecule has 1 aliphatic rings. The second kappa shape index (κ2) is 5.47. The number of alkyl halides is 1. The monoisotopic (exact) mass is 291 g/mol. The van der Waals surface area contributed by atoms with E-state index in [1.165, 1.54) is 0 Å². The van der Waals surface area contributed by atoms with Crippen LogP contribution in [-0.2, 0) is 0 Å². The van der Waals surface area contributed by atoms with Crippen molar-refractivity contribution in [2.75, 3.05) is 13.1 Å². The molecule has 1 aromatic rings. The van der Waals surface area contributed by atoms with Gasteiger partial charge in [-0.15, -0.1) is 11.6 Å². The van der Waals surface area contributed by atoms with Gasteiger partial charge in [-0.3, -0.25) is 4.79 Å². The fourth-order valence-electron chi connectivity index (χ4n) is 1.94. The molecule has 2 rings (SSSR count). The summed E-state index contributed by atoms with van der Waals surface area (Å²) in [7, 11) is 0. The zero-order valence-corrected chi connectivity index (χ0v) is 11.4. The molecule has 1 amide bonds. The second-order valence-corrected chi connectivity index (χ2v) is 5.58. The first kappa shape index (κ1) is 13.0. The molecule has 17 heavy (non-hydrogen) atoms. The predicted octanol–water partition coefficient (Wildman–Crippen LogP) is 3.84. The summed E-state index contributed by atoms with van der Waals surface area (Å²) in [5.41, 5.74) is 0.449. The van der Waals surface area contributed by atoms with Gasteiger partial charge in [0, 0.05) is 18.1 Å². The van der Waals surface area contributed by atoms with Crippen LogP contribution in [0.3, 0.4) is 0 Å². The zero-order chi connectivity index (χ0) is 12.4. The van der Waals surface area contributed by atoms with E-state index in [1.54, 1.807) is 23.1 Å². The maximum atomic E-state index is 12.2. The van der Waals surface area contributed by atoms with Crippen molar-refractivity contribution >= 4 is 40.7 Å². The molecule has 0 saturated carbocycles. The maximum Gasteiger partial charge on any atom is 0.255 e. The van der Waals surface area contributed by atoms with E-state index in [2.05, 4.69) is 0 Å². The summed E-state index contributed by atoms with van der Waals surface area (Å²) in [5.74, 6) is -0.0946. The number of hydrogen-bond donors (Lipinski definition) is 0. The van der Waals surface area contributed by atoms with E-state index in [0.29, 0.717) is 22.2 Å². The number of hydrogen-bond acceptors (Lipinski definition) is 1. The van der Waals surface area contributed by atoms with Crippen molar-refractivity contribution in [3.63, 3.8) is 0 Å². The number of piperidine rings is 1. The lowest BCUT2D eigenvalue weighted by molar-refractivity contribution is 0.0727. The van der Waals surface area contributed by atoms with Gasteiger partial charge in [0.15, 0.2) is 0 Å². The Labute approximate surface area is 115 Å². The Kier molecular flexibility index (Phi) is 4.18. The number of halogens is 3. The molecular formula is C12H12Cl3NO. The smallest absolute Gasteiger partial charge is 0.255 e. The van der Waals surface area contributed by atoms with Crippen LogP contribution in [0.15, 0.2) is 18.2 Å². The largest absolute Gasteiger partial charge is 0.337 e. The van der Waals surface area contributed by atoms with E-state index >= 15 is 0 Å². The van der Waals surface area contributed by atoms with Crippen LogP contribution in [0.5, 0.6) is 0 Å². The van der Waals surface area contributed by atoms with Crippen molar-refractivity contribution in [1.82, 2.24) is 4.90 Å². The fourth-order valence-corrected chi connectivity index (χ4v) is 2.63. The molecule has 0 aliphatic carbocycles. The van der Waals surface area contributed by atoms with Gasteiger partial charge >= 0.3 is 0 Å².